The summed E-state index contributed by atoms with van der Waals surface area (Å²) in [5.74, 6) is 3.87. The predicted molar refractivity (Wildman–Crippen MR) is 83.2 cm³/mol. The van der Waals surface area contributed by atoms with E-state index in [1.165, 1.54) is 77.3 Å². The molecule has 2 aliphatic heterocycles. The zero-order valence-electron chi connectivity index (χ0n) is 12.9. The maximum Gasteiger partial charge on any atom is 0.0571 e. The molecule has 113 valence electrons. The van der Waals surface area contributed by atoms with E-state index in [4.69, 9.17) is 0 Å². The largest absolute Gasteiger partial charge is 0.312 e. The molecule has 2 heteroatoms. The van der Waals surface area contributed by atoms with Gasteiger partial charge in [-0.15, -0.1) is 0 Å². The van der Waals surface area contributed by atoms with Crippen LogP contribution in [-0.4, -0.2) is 19.1 Å². The molecule has 2 saturated heterocycles. The number of fused-ring (bicyclic) bond motifs is 2. The average molecular weight is 275 g/mol. The van der Waals surface area contributed by atoms with Gasteiger partial charge in [-0.3, -0.25) is 0 Å². The van der Waals surface area contributed by atoms with Gasteiger partial charge in [-0.2, -0.15) is 0 Å². The van der Waals surface area contributed by atoms with Gasteiger partial charge in [0, 0.05) is 6.04 Å². The number of hydrogen-bond donors (Lipinski definition) is 2. The van der Waals surface area contributed by atoms with Crippen molar-refractivity contribution in [1.29, 1.82) is 0 Å². The zero-order chi connectivity index (χ0) is 13.4. The summed E-state index contributed by atoms with van der Waals surface area (Å²) in [6.07, 6.45) is 14.7. The van der Waals surface area contributed by atoms with Crippen molar-refractivity contribution < 1.29 is 0 Å². The van der Waals surface area contributed by atoms with E-state index in [1.807, 2.05) is 0 Å². The first kappa shape index (κ1) is 13.6. The van der Waals surface area contributed by atoms with Gasteiger partial charge in [0.1, 0.15) is 0 Å². The van der Waals surface area contributed by atoms with E-state index in [1.54, 1.807) is 6.04 Å². The Balaban J connectivity index is 1.52. The minimum absolute atomic E-state index is 0.708. The molecule has 0 spiro atoms. The predicted octanol–water partition coefficient (Wildman–Crippen LogP) is 3.49. The van der Waals surface area contributed by atoms with Gasteiger partial charge in [0.25, 0.3) is 0 Å². The van der Waals surface area contributed by atoms with Crippen LogP contribution in [-0.2, 0) is 0 Å². The number of rotatable bonds is 1. The number of piperidine rings is 2. The van der Waals surface area contributed by atoms with Crippen molar-refractivity contribution in [1.82, 2.24) is 10.6 Å². The van der Waals surface area contributed by atoms with Crippen LogP contribution in [0.5, 0.6) is 0 Å². The van der Waals surface area contributed by atoms with E-state index >= 15 is 0 Å². The van der Waals surface area contributed by atoms with Crippen molar-refractivity contribution in [2.24, 2.45) is 23.7 Å². The molecule has 20 heavy (non-hydrogen) atoms. The van der Waals surface area contributed by atoms with Crippen molar-refractivity contribution in [2.45, 2.75) is 70.3 Å². The third-order valence-electron chi connectivity index (χ3n) is 6.76. The van der Waals surface area contributed by atoms with Gasteiger partial charge in [0.15, 0.2) is 0 Å². The third-order valence-corrected chi connectivity index (χ3v) is 6.76. The maximum absolute atomic E-state index is 3.92. The van der Waals surface area contributed by atoms with Gasteiger partial charge in [0.2, 0.25) is 0 Å². The molecule has 2 heterocycles. The van der Waals surface area contributed by atoms with E-state index in [0.29, 0.717) is 6.04 Å². The van der Waals surface area contributed by atoms with E-state index in [2.05, 4.69) is 10.6 Å². The SMILES string of the molecule is C1CCC2[C](C3NCC[C@@H]4CCCC[C@H]34)NCCC2C1. The summed E-state index contributed by atoms with van der Waals surface area (Å²) >= 11 is 0. The molecule has 0 aromatic heterocycles. The van der Waals surface area contributed by atoms with E-state index in [9.17, 15) is 0 Å². The van der Waals surface area contributed by atoms with E-state index in [-0.39, 0.29) is 0 Å². The molecule has 0 bridgehead atoms. The summed E-state index contributed by atoms with van der Waals surface area (Å²) in [6, 6.07) is 2.46. The number of nitrogens with one attached hydrogen (secondary N) is 2. The Morgan fingerprint density at radius 1 is 0.700 bits per heavy atom. The second-order valence-electron chi connectivity index (χ2n) is 7.75. The van der Waals surface area contributed by atoms with Crippen LogP contribution in [0, 0.1) is 29.7 Å². The Kier molecular flexibility index (Phi) is 4.05. The quantitative estimate of drug-likeness (QED) is 0.765. The summed E-state index contributed by atoms with van der Waals surface area (Å²) in [4.78, 5) is 0. The van der Waals surface area contributed by atoms with Crippen LogP contribution in [0.15, 0.2) is 0 Å². The summed E-state index contributed by atoms with van der Waals surface area (Å²) in [6.45, 7) is 2.50. The Morgan fingerprint density at radius 2 is 1.45 bits per heavy atom. The Morgan fingerprint density at radius 3 is 2.40 bits per heavy atom. The topological polar surface area (TPSA) is 24.1 Å². The van der Waals surface area contributed by atoms with Crippen molar-refractivity contribution in [3.05, 3.63) is 6.04 Å². The lowest BCUT2D eigenvalue weighted by molar-refractivity contribution is 0.0911. The first-order chi connectivity index (χ1) is 9.93. The molecule has 4 fully saturated rings. The summed E-state index contributed by atoms with van der Waals surface area (Å²) in [5.41, 5.74) is 0. The summed E-state index contributed by atoms with van der Waals surface area (Å²) in [7, 11) is 0. The molecule has 4 aliphatic rings. The fraction of sp³-hybridized carbons (Fsp3) is 0.944. The molecule has 3 unspecified atom stereocenters. The first-order valence-electron chi connectivity index (χ1n) is 9.27. The summed E-state index contributed by atoms with van der Waals surface area (Å²) in [5, 5.41) is 7.80. The third kappa shape index (κ3) is 2.43. The standard InChI is InChI=1S/C18H31N2/c1-3-7-15-13(5-1)9-11-19-17(15)18-16-8-4-2-6-14(16)10-12-20-18/h13-17,19-20H,1-12H2/t13-,14?,15-,16?,17?/m0/s1. The molecule has 1 radical (unpaired) electrons. The molecule has 2 N–H and O–H groups in total. The molecule has 0 aromatic carbocycles. The molecule has 2 aliphatic carbocycles. The fourth-order valence-corrected chi connectivity index (χ4v) is 5.79. The zero-order valence-corrected chi connectivity index (χ0v) is 12.9. The van der Waals surface area contributed by atoms with Crippen molar-refractivity contribution in [3.63, 3.8) is 0 Å². The molecule has 0 aromatic rings. The molecule has 5 atom stereocenters. The minimum Gasteiger partial charge on any atom is -0.312 e. The lowest BCUT2D eigenvalue weighted by atomic mass is 9.63. The molecule has 2 nitrogen and oxygen atoms in total. The molecule has 0 amide bonds. The summed E-state index contributed by atoms with van der Waals surface area (Å²) < 4.78 is 0. The van der Waals surface area contributed by atoms with E-state index in [0.717, 1.165) is 23.7 Å². The first-order valence-corrected chi connectivity index (χ1v) is 9.27. The van der Waals surface area contributed by atoms with Crippen LogP contribution >= 0.6 is 0 Å². The minimum atomic E-state index is 0.708. The van der Waals surface area contributed by atoms with Crippen molar-refractivity contribution in [2.75, 3.05) is 13.1 Å². The Hall–Kier alpha value is -0.0800. The molecular formula is C18H31N2. The highest BCUT2D eigenvalue weighted by molar-refractivity contribution is 5.13. The Labute approximate surface area is 124 Å². The van der Waals surface area contributed by atoms with Gasteiger partial charge in [-0.05, 0) is 62.4 Å². The number of hydrogen-bond acceptors (Lipinski definition) is 2. The van der Waals surface area contributed by atoms with Crippen LogP contribution in [0.25, 0.3) is 0 Å². The van der Waals surface area contributed by atoms with Crippen molar-refractivity contribution in [3.8, 4) is 0 Å². The normalized spacial score (nSPS) is 46.5. The van der Waals surface area contributed by atoms with Gasteiger partial charge in [0.05, 0.1) is 6.04 Å². The molecule has 2 saturated carbocycles. The van der Waals surface area contributed by atoms with Crippen LogP contribution < -0.4 is 10.6 Å². The van der Waals surface area contributed by atoms with Gasteiger partial charge >= 0.3 is 0 Å². The highest BCUT2D eigenvalue weighted by Crippen LogP contribution is 2.46. The van der Waals surface area contributed by atoms with Crippen LogP contribution in [0.2, 0.25) is 0 Å². The smallest absolute Gasteiger partial charge is 0.0571 e. The Bertz CT molecular complexity index is 293. The second-order valence-corrected chi connectivity index (χ2v) is 7.75. The molecular weight excluding hydrogens is 244 g/mol. The highest BCUT2D eigenvalue weighted by Gasteiger charge is 2.45. The van der Waals surface area contributed by atoms with Gasteiger partial charge in [-0.25, -0.2) is 0 Å². The van der Waals surface area contributed by atoms with Crippen molar-refractivity contribution >= 4 is 0 Å². The van der Waals surface area contributed by atoms with Crippen LogP contribution in [0.3, 0.4) is 0 Å². The fourth-order valence-electron chi connectivity index (χ4n) is 5.79. The monoisotopic (exact) mass is 275 g/mol. The average Bonchev–Trinajstić information content (AvgIpc) is 2.54. The van der Waals surface area contributed by atoms with Crippen LogP contribution in [0.4, 0.5) is 0 Å². The lowest BCUT2D eigenvalue weighted by Gasteiger charge is -2.51. The highest BCUT2D eigenvalue weighted by atomic mass is 15.1. The maximum atomic E-state index is 3.92. The van der Waals surface area contributed by atoms with Crippen LogP contribution in [0.1, 0.15) is 64.2 Å². The van der Waals surface area contributed by atoms with Gasteiger partial charge in [-0.1, -0.05) is 38.5 Å². The molecule has 4 rings (SSSR count). The van der Waals surface area contributed by atoms with E-state index < -0.39 is 0 Å². The lowest BCUT2D eigenvalue weighted by Crippen LogP contribution is -2.58. The van der Waals surface area contributed by atoms with Gasteiger partial charge < -0.3 is 10.6 Å². The second kappa shape index (κ2) is 5.96.